The number of carbonyl (C=O) groups is 1. The van der Waals surface area contributed by atoms with Crippen LogP contribution in [0.1, 0.15) is 0 Å². The number of sulfone groups is 1. The van der Waals surface area contributed by atoms with E-state index in [1.807, 2.05) is 0 Å². The molecule has 0 N–H and O–H groups in total. The first-order valence-electron chi connectivity index (χ1n) is 4.52. The normalized spacial score (nSPS) is 23.1. The molecule has 0 aliphatic carbocycles. The predicted octanol–water partition coefficient (Wildman–Crippen LogP) is 0.294. The number of nitro benzene ring substituents is 1. The van der Waals surface area contributed by atoms with Crippen molar-refractivity contribution in [1.82, 2.24) is 0 Å². The molecule has 1 unspecified atom stereocenters. The Balaban J connectivity index is 2.51. The van der Waals surface area contributed by atoms with Gasteiger partial charge in [-0.05, 0) is 6.07 Å². The molecule has 1 atom stereocenters. The maximum atomic E-state index is 11.9. The standard InChI is InChI=1S/C9H7NO6S/c11-5-9(6-16-9)17(14,15)8-3-1-2-7(4-8)10(12)13/h1-5H,6H2. The third-order valence-electron chi connectivity index (χ3n) is 2.40. The van der Waals surface area contributed by atoms with E-state index in [2.05, 4.69) is 4.74 Å². The van der Waals surface area contributed by atoms with Crippen LogP contribution in [0, 0.1) is 10.1 Å². The van der Waals surface area contributed by atoms with Crippen molar-refractivity contribution in [3.63, 3.8) is 0 Å². The number of ether oxygens (including phenoxy) is 1. The number of epoxide rings is 1. The largest absolute Gasteiger partial charge is 0.346 e. The molecule has 1 heterocycles. The summed E-state index contributed by atoms with van der Waals surface area (Å²) >= 11 is 0. The van der Waals surface area contributed by atoms with Gasteiger partial charge in [-0.25, -0.2) is 8.42 Å². The van der Waals surface area contributed by atoms with Crippen molar-refractivity contribution in [2.24, 2.45) is 0 Å². The molecule has 0 bridgehead atoms. The van der Waals surface area contributed by atoms with E-state index in [1.54, 1.807) is 0 Å². The van der Waals surface area contributed by atoms with Crippen molar-refractivity contribution in [1.29, 1.82) is 0 Å². The van der Waals surface area contributed by atoms with E-state index in [9.17, 15) is 23.3 Å². The molecular weight excluding hydrogens is 250 g/mol. The Kier molecular flexibility index (Phi) is 2.48. The summed E-state index contributed by atoms with van der Waals surface area (Å²) in [5.41, 5.74) is -0.354. The number of carbonyl (C=O) groups excluding carboxylic acids is 1. The molecule has 1 aromatic rings. The predicted molar refractivity (Wildman–Crippen MR) is 55.0 cm³/mol. The Hall–Kier alpha value is -1.80. The first kappa shape index (κ1) is 11.7. The maximum Gasteiger partial charge on any atom is 0.270 e. The Bertz CT molecular complexity index is 589. The van der Waals surface area contributed by atoms with Crippen molar-refractivity contribution in [2.45, 2.75) is 9.83 Å². The van der Waals surface area contributed by atoms with Crippen LogP contribution in [0.2, 0.25) is 0 Å². The molecule has 0 radical (unpaired) electrons. The van der Waals surface area contributed by atoms with Crippen LogP contribution < -0.4 is 0 Å². The number of nitrogens with zero attached hydrogens (tertiary/aromatic N) is 1. The molecule has 17 heavy (non-hydrogen) atoms. The molecule has 0 amide bonds. The van der Waals surface area contributed by atoms with Crippen LogP contribution in [0.25, 0.3) is 0 Å². The van der Waals surface area contributed by atoms with Gasteiger partial charge >= 0.3 is 0 Å². The van der Waals surface area contributed by atoms with Crippen LogP contribution >= 0.6 is 0 Å². The van der Waals surface area contributed by atoms with E-state index in [0.29, 0.717) is 0 Å². The van der Waals surface area contributed by atoms with E-state index in [4.69, 9.17) is 0 Å². The average Bonchev–Trinajstić information content (AvgIpc) is 3.10. The highest BCUT2D eigenvalue weighted by Gasteiger charge is 2.58. The first-order valence-corrected chi connectivity index (χ1v) is 6.01. The molecule has 2 rings (SSSR count). The molecule has 0 aromatic heterocycles. The number of hydrogen-bond donors (Lipinski definition) is 0. The highest BCUT2D eigenvalue weighted by molar-refractivity contribution is 7.93. The fourth-order valence-corrected chi connectivity index (χ4v) is 2.75. The number of rotatable bonds is 4. The third-order valence-corrected chi connectivity index (χ3v) is 4.52. The first-order chi connectivity index (χ1) is 7.93. The third kappa shape index (κ3) is 1.71. The monoisotopic (exact) mass is 257 g/mol. The lowest BCUT2D eigenvalue weighted by atomic mass is 10.3. The van der Waals surface area contributed by atoms with Crippen molar-refractivity contribution in [2.75, 3.05) is 6.61 Å². The SMILES string of the molecule is O=CC1(S(=O)(=O)c2cccc([N+](=O)[O-])c2)CO1. The minimum absolute atomic E-state index is 0.196. The van der Waals surface area contributed by atoms with E-state index in [0.717, 1.165) is 6.07 Å². The Morgan fingerprint density at radius 3 is 2.59 bits per heavy atom. The van der Waals surface area contributed by atoms with Gasteiger partial charge in [-0.3, -0.25) is 14.9 Å². The van der Waals surface area contributed by atoms with Crippen molar-refractivity contribution in [3.8, 4) is 0 Å². The minimum atomic E-state index is -4.03. The number of non-ortho nitro benzene ring substituents is 1. The van der Waals surface area contributed by atoms with Gasteiger partial charge < -0.3 is 4.74 Å². The highest BCUT2D eigenvalue weighted by Crippen LogP contribution is 2.36. The van der Waals surface area contributed by atoms with Gasteiger partial charge in [0.25, 0.3) is 10.6 Å². The Morgan fingerprint density at radius 2 is 2.12 bits per heavy atom. The zero-order chi connectivity index (χ0) is 12.7. The van der Waals surface area contributed by atoms with Gasteiger partial charge in [-0.15, -0.1) is 0 Å². The Morgan fingerprint density at radius 1 is 1.47 bits per heavy atom. The fourth-order valence-electron chi connectivity index (χ4n) is 1.32. The van der Waals surface area contributed by atoms with Gasteiger partial charge in [0.1, 0.15) is 6.61 Å². The summed E-state index contributed by atoms with van der Waals surface area (Å²) in [5, 5.41) is 10.5. The van der Waals surface area contributed by atoms with Crippen LogP contribution in [0.15, 0.2) is 29.2 Å². The van der Waals surface area contributed by atoms with E-state index in [1.165, 1.54) is 18.2 Å². The van der Waals surface area contributed by atoms with Crippen molar-refractivity contribution >= 4 is 21.8 Å². The summed E-state index contributed by atoms with van der Waals surface area (Å²) in [6.45, 7) is -0.221. The van der Waals surface area contributed by atoms with Gasteiger partial charge in [0, 0.05) is 12.1 Å². The highest BCUT2D eigenvalue weighted by atomic mass is 32.2. The van der Waals surface area contributed by atoms with E-state index < -0.39 is 19.7 Å². The molecule has 8 heteroatoms. The van der Waals surface area contributed by atoms with Gasteiger partial charge in [0.05, 0.1) is 9.82 Å². The summed E-state index contributed by atoms with van der Waals surface area (Å²) < 4.78 is 28.5. The molecule has 1 aliphatic rings. The lowest BCUT2D eigenvalue weighted by Crippen LogP contribution is -2.26. The van der Waals surface area contributed by atoms with E-state index >= 15 is 0 Å². The fraction of sp³-hybridized carbons (Fsp3) is 0.222. The van der Waals surface area contributed by atoms with Crippen LogP contribution in [0.4, 0.5) is 5.69 Å². The van der Waals surface area contributed by atoms with Gasteiger partial charge in [0.2, 0.25) is 9.84 Å². The second-order valence-corrected chi connectivity index (χ2v) is 5.65. The van der Waals surface area contributed by atoms with E-state index in [-0.39, 0.29) is 23.5 Å². The summed E-state index contributed by atoms with van der Waals surface area (Å²) in [4.78, 5) is 18.4. The number of nitro groups is 1. The zero-order valence-corrected chi connectivity index (χ0v) is 9.22. The Labute approximate surface area is 96.1 Å². The van der Waals surface area contributed by atoms with Gasteiger partial charge in [0.15, 0.2) is 6.29 Å². The lowest BCUT2D eigenvalue weighted by molar-refractivity contribution is -0.385. The van der Waals surface area contributed by atoms with Crippen LogP contribution in [-0.4, -0.2) is 31.2 Å². The summed E-state index contributed by atoms with van der Waals surface area (Å²) in [7, 11) is -4.03. The van der Waals surface area contributed by atoms with Crippen LogP contribution in [-0.2, 0) is 19.4 Å². The lowest BCUT2D eigenvalue weighted by Gasteiger charge is -2.06. The molecule has 1 aliphatic heterocycles. The summed E-state index contributed by atoms with van der Waals surface area (Å²) in [5.74, 6) is 0. The molecular formula is C9H7NO6S. The smallest absolute Gasteiger partial charge is 0.270 e. The quantitative estimate of drug-likeness (QED) is 0.332. The summed E-state index contributed by atoms with van der Waals surface area (Å²) in [6, 6.07) is 4.50. The van der Waals surface area contributed by atoms with Crippen LogP contribution in [0.5, 0.6) is 0 Å². The molecule has 0 saturated carbocycles. The molecule has 7 nitrogen and oxygen atoms in total. The maximum absolute atomic E-state index is 11.9. The molecule has 1 aromatic carbocycles. The summed E-state index contributed by atoms with van der Waals surface area (Å²) in [6.07, 6.45) is 0.196. The molecule has 0 spiro atoms. The second-order valence-electron chi connectivity index (χ2n) is 3.48. The van der Waals surface area contributed by atoms with Crippen molar-refractivity contribution < 1.29 is 22.9 Å². The zero-order valence-electron chi connectivity index (χ0n) is 8.40. The molecule has 90 valence electrons. The van der Waals surface area contributed by atoms with Gasteiger partial charge in [-0.1, -0.05) is 6.07 Å². The number of hydrogen-bond acceptors (Lipinski definition) is 6. The number of benzene rings is 1. The topological polar surface area (TPSA) is 107 Å². The molecule has 1 fully saturated rings. The molecule has 1 saturated heterocycles. The van der Waals surface area contributed by atoms with Crippen molar-refractivity contribution in [3.05, 3.63) is 34.4 Å². The second kappa shape index (κ2) is 3.60. The van der Waals surface area contributed by atoms with Gasteiger partial charge in [-0.2, -0.15) is 0 Å². The number of aldehydes is 1. The minimum Gasteiger partial charge on any atom is -0.346 e. The van der Waals surface area contributed by atoms with Crippen LogP contribution in [0.3, 0.4) is 0 Å². The average molecular weight is 257 g/mol.